The van der Waals surface area contributed by atoms with Gasteiger partial charge in [-0.1, -0.05) is 12.1 Å². The first-order valence-electron chi connectivity index (χ1n) is 8.35. The Balaban J connectivity index is 1.64. The van der Waals surface area contributed by atoms with Crippen LogP contribution < -0.4 is 5.32 Å². The lowest BCUT2D eigenvalue weighted by Gasteiger charge is -2.04. The fourth-order valence-electron chi connectivity index (χ4n) is 2.57. The predicted molar refractivity (Wildman–Crippen MR) is 104 cm³/mol. The lowest BCUT2D eigenvalue weighted by Crippen LogP contribution is -2.14. The fraction of sp³-hybridized carbons (Fsp3) is 0.278. The Morgan fingerprint density at radius 3 is 2.74 bits per heavy atom. The van der Waals surface area contributed by atoms with Crippen molar-refractivity contribution in [3.05, 3.63) is 56.7 Å². The number of nitrogens with one attached hydrogen (secondary N) is 1. The minimum absolute atomic E-state index is 0.0935. The van der Waals surface area contributed by atoms with E-state index in [0.29, 0.717) is 5.13 Å². The molecule has 1 aromatic carbocycles. The number of hydrogen-bond donors (Lipinski definition) is 1. The van der Waals surface area contributed by atoms with Gasteiger partial charge in [-0.2, -0.15) is 5.10 Å². The van der Waals surface area contributed by atoms with Gasteiger partial charge in [0, 0.05) is 23.4 Å². The van der Waals surface area contributed by atoms with E-state index in [1.807, 2.05) is 13.0 Å². The van der Waals surface area contributed by atoms with Gasteiger partial charge in [0.15, 0.2) is 5.13 Å². The fourth-order valence-corrected chi connectivity index (χ4v) is 3.43. The maximum Gasteiger partial charge on any atom is 0.306 e. The van der Waals surface area contributed by atoms with Crippen molar-refractivity contribution in [1.29, 1.82) is 0 Å². The summed E-state index contributed by atoms with van der Waals surface area (Å²) >= 11 is 1.42. The van der Waals surface area contributed by atoms with Gasteiger partial charge in [0.05, 0.1) is 10.6 Å². The Morgan fingerprint density at radius 2 is 2.07 bits per heavy atom. The number of rotatable bonds is 6. The maximum absolute atomic E-state index is 12.2. The van der Waals surface area contributed by atoms with Crippen molar-refractivity contribution in [3.8, 4) is 11.3 Å². The van der Waals surface area contributed by atoms with Crippen LogP contribution in [0.15, 0.2) is 30.6 Å². The molecule has 2 heterocycles. The highest BCUT2D eigenvalue weighted by atomic mass is 32.1. The highest BCUT2D eigenvalue weighted by Gasteiger charge is 2.14. The van der Waals surface area contributed by atoms with Gasteiger partial charge >= 0.3 is 5.69 Å². The number of hydrogen-bond acceptors (Lipinski definition) is 6. The molecule has 0 aliphatic carbocycles. The number of aryl methyl sites for hydroxylation is 4. The summed E-state index contributed by atoms with van der Waals surface area (Å²) in [6.07, 6.45) is 2.62. The van der Waals surface area contributed by atoms with E-state index in [-0.39, 0.29) is 24.6 Å². The zero-order valence-electron chi connectivity index (χ0n) is 15.2. The molecule has 1 N–H and O–H groups in total. The van der Waals surface area contributed by atoms with Crippen molar-refractivity contribution in [2.24, 2.45) is 0 Å². The number of nitrogens with zero attached hydrogens (tertiary/aromatic N) is 4. The quantitative estimate of drug-likeness (QED) is 0.512. The molecule has 0 spiro atoms. The summed E-state index contributed by atoms with van der Waals surface area (Å²) in [5.74, 6) is -0.214. The second-order valence-electron chi connectivity index (χ2n) is 6.24. The molecule has 0 atom stereocenters. The smallest absolute Gasteiger partial charge is 0.302 e. The van der Waals surface area contributed by atoms with Crippen LogP contribution in [-0.4, -0.2) is 25.6 Å². The van der Waals surface area contributed by atoms with Crippen molar-refractivity contribution < 1.29 is 9.72 Å². The number of anilines is 1. The van der Waals surface area contributed by atoms with Crippen molar-refractivity contribution >= 4 is 28.1 Å². The van der Waals surface area contributed by atoms with Crippen LogP contribution in [0.4, 0.5) is 10.8 Å². The van der Waals surface area contributed by atoms with Crippen LogP contribution in [0, 0.1) is 30.9 Å². The summed E-state index contributed by atoms with van der Waals surface area (Å²) in [6, 6.07) is 6.18. The largest absolute Gasteiger partial charge is 0.306 e. The van der Waals surface area contributed by atoms with E-state index in [1.165, 1.54) is 33.3 Å². The second-order valence-corrected chi connectivity index (χ2v) is 7.44. The van der Waals surface area contributed by atoms with Crippen molar-refractivity contribution in [2.45, 2.75) is 33.7 Å². The molecule has 0 saturated carbocycles. The molecule has 0 unspecified atom stereocenters. The molecule has 0 aliphatic heterocycles. The number of aromatic nitrogens is 3. The van der Waals surface area contributed by atoms with E-state index >= 15 is 0 Å². The standard InChI is InChI=1S/C18H19N5O3S/c1-11-4-5-14(8-12(11)2)17-13(3)27-18(21-17)20-16(24)6-7-22-10-15(9-19-22)23(25)26/h4-5,8-10H,6-7H2,1-3H3,(H,20,21,24). The highest BCUT2D eigenvalue weighted by Crippen LogP contribution is 2.31. The molecular formula is C18H19N5O3S. The van der Waals surface area contributed by atoms with Gasteiger partial charge in [-0.25, -0.2) is 4.98 Å². The first-order chi connectivity index (χ1) is 12.8. The Bertz CT molecular complexity index is 1010. The van der Waals surface area contributed by atoms with Crippen molar-refractivity contribution in [2.75, 3.05) is 5.32 Å². The van der Waals surface area contributed by atoms with Crippen LogP contribution in [0.5, 0.6) is 0 Å². The number of amides is 1. The Morgan fingerprint density at radius 1 is 1.30 bits per heavy atom. The second kappa shape index (κ2) is 7.67. The first-order valence-corrected chi connectivity index (χ1v) is 9.17. The monoisotopic (exact) mass is 385 g/mol. The number of nitro groups is 1. The number of carbonyl (C=O) groups excluding carboxylic acids is 1. The average Bonchev–Trinajstić information content (AvgIpc) is 3.22. The average molecular weight is 385 g/mol. The summed E-state index contributed by atoms with van der Waals surface area (Å²) < 4.78 is 1.38. The van der Waals surface area contributed by atoms with Crippen LogP contribution in [-0.2, 0) is 11.3 Å². The molecule has 2 aromatic heterocycles. The zero-order valence-corrected chi connectivity index (χ0v) is 16.0. The molecule has 0 fully saturated rings. The molecule has 0 radical (unpaired) electrons. The van der Waals surface area contributed by atoms with Gasteiger partial charge in [0.1, 0.15) is 12.4 Å². The van der Waals surface area contributed by atoms with Crippen LogP contribution in [0.3, 0.4) is 0 Å². The summed E-state index contributed by atoms with van der Waals surface area (Å²) in [6.45, 7) is 6.35. The van der Waals surface area contributed by atoms with E-state index in [1.54, 1.807) is 0 Å². The van der Waals surface area contributed by atoms with E-state index in [0.717, 1.165) is 22.3 Å². The van der Waals surface area contributed by atoms with Crippen LogP contribution in [0.25, 0.3) is 11.3 Å². The van der Waals surface area contributed by atoms with Crippen molar-refractivity contribution in [1.82, 2.24) is 14.8 Å². The third kappa shape index (κ3) is 4.37. The Labute approximate surface area is 160 Å². The molecule has 27 heavy (non-hydrogen) atoms. The third-order valence-corrected chi connectivity index (χ3v) is 5.11. The predicted octanol–water partition coefficient (Wildman–Crippen LogP) is 3.87. The number of thiazole rings is 1. The minimum atomic E-state index is -0.518. The van der Waals surface area contributed by atoms with Crippen LogP contribution in [0.1, 0.15) is 22.4 Å². The van der Waals surface area contributed by atoms with E-state index in [9.17, 15) is 14.9 Å². The van der Waals surface area contributed by atoms with E-state index < -0.39 is 4.92 Å². The van der Waals surface area contributed by atoms with Crippen molar-refractivity contribution in [3.63, 3.8) is 0 Å². The van der Waals surface area contributed by atoms with Gasteiger partial charge in [0.2, 0.25) is 5.91 Å². The molecule has 140 valence electrons. The van der Waals surface area contributed by atoms with Crippen LogP contribution >= 0.6 is 11.3 Å². The number of benzene rings is 1. The molecule has 0 aliphatic rings. The molecule has 3 rings (SSSR count). The first kappa shape index (κ1) is 18.7. The summed E-state index contributed by atoms with van der Waals surface area (Å²) in [5, 5.41) is 17.9. The number of carbonyl (C=O) groups is 1. The Kier molecular flexibility index (Phi) is 5.31. The maximum atomic E-state index is 12.2. The molecular weight excluding hydrogens is 366 g/mol. The molecule has 3 aromatic rings. The molecule has 8 nitrogen and oxygen atoms in total. The summed E-state index contributed by atoms with van der Waals surface area (Å²) in [4.78, 5) is 27.9. The van der Waals surface area contributed by atoms with Gasteiger partial charge in [-0.15, -0.1) is 11.3 Å². The SMILES string of the molecule is Cc1ccc(-c2nc(NC(=O)CCn3cc([N+](=O)[O-])cn3)sc2C)cc1C. The summed E-state index contributed by atoms with van der Waals surface area (Å²) in [5.41, 5.74) is 4.21. The van der Waals surface area contributed by atoms with Gasteiger partial charge < -0.3 is 5.32 Å². The van der Waals surface area contributed by atoms with Gasteiger partial charge in [-0.3, -0.25) is 19.6 Å². The summed E-state index contributed by atoms with van der Waals surface area (Å²) in [7, 11) is 0. The molecule has 0 bridgehead atoms. The lowest BCUT2D eigenvalue weighted by atomic mass is 10.0. The van der Waals surface area contributed by atoms with Crippen LogP contribution in [0.2, 0.25) is 0 Å². The Hall–Kier alpha value is -3.07. The minimum Gasteiger partial charge on any atom is -0.302 e. The van der Waals surface area contributed by atoms with E-state index in [4.69, 9.17) is 0 Å². The topological polar surface area (TPSA) is 103 Å². The third-order valence-electron chi connectivity index (χ3n) is 4.22. The van der Waals surface area contributed by atoms with Gasteiger partial charge in [0.25, 0.3) is 0 Å². The molecule has 0 saturated heterocycles. The highest BCUT2D eigenvalue weighted by molar-refractivity contribution is 7.16. The zero-order chi connectivity index (χ0) is 19.6. The lowest BCUT2D eigenvalue weighted by molar-refractivity contribution is -0.385. The molecule has 9 heteroatoms. The normalized spacial score (nSPS) is 10.8. The molecule has 1 amide bonds. The van der Waals surface area contributed by atoms with Gasteiger partial charge in [-0.05, 0) is 38.0 Å². The van der Waals surface area contributed by atoms with E-state index in [2.05, 4.69) is 41.4 Å².